The van der Waals surface area contributed by atoms with E-state index >= 15 is 0 Å². The predicted octanol–water partition coefficient (Wildman–Crippen LogP) is 10.0. The zero-order valence-electron chi connectivity index (χ0n) is 25.1. The van der Waals surface area contributed by atoms with E-state index in [2.05, 4.69) is 149 Å². The van der Waals surface area contributed by atoms with Crippen LogP contribution in [0.1, 0.15) is 25.0 Å². The van der Waals surface area contributed by atoms with E-state index < -0.39 is 0 Å². The van der Waals surface area contributed by atoms with Gasteiger partial charge in [-0.25, -0.2) is 0 Å². The smallest absolute Gasteiger partial charge is 0.168 e. The molecule has 0 spiro atoms. The van der Waals surface area contributed by atoms with E-state index in [1.54, 1.807) is 0 Å². The van der Waals surface area contributed by atoms with Crippen molar-refractivity contribution >= 4 is 21.8 Å². The van der Waals surface area contributed by atoms with E-state index in [1.807, 2.05) is 24.3 Å². The van der Waals surface area contributed by atoms with E-state index in [0.717, 1.165) is 34.2 Å². The summed E-state index contributed by atoms with van der Waals surface area (Å²) in [5.41, 5.74) is 12.0. The van der Waals surface area contributed by atoms with Crippen LogP contribution in [0.3, 0.4) is 0 Å². The normalized spacial score (nSPS) is 13.3. The SMILES string of the molecule is CC1(C)c2ccccc2-c2ccc3c4ccccc4n(-c4ccc(-c5nnc(-c6ccccc6)n5-c5ccccc5)cc4)c3c21. The highest BCUT2D eigenvalue weighted by molar-refractivity contribution is 6.13. The Hall–Kier alpha value is -5.74. The first-order valence-electron chi connectivity index (χ1n) is 15.4. The summed E-state index contributed by atoms with van der Waals surface area (Å²) in [5.74, 6) is 1.63. The van der Waals surface area contributed by atoms with Gasteiger partial charge in [0.2, 0.25) is 0 Å². The molecule has 0 saturated heterocycles. The zero-order valence-corrected chi connectivity index (χ0v) is 25.1. The third-order valence-corrected chi connectivity index (χ3v) is 9.45. The van der Waals surface area contributed by atoms with Crippen molar-refractivity contribution in [1.82, 2.24) is 19.3 Å². The fourth-order valence-corrected chi connectivity index (χ4v) is 7.41. The van der Waals surface area contributed by atoms with Crippen LogP contribution in [0.15, 0.2) is 146 Å². The van der Waals surface area contributed by atoms with E-state index in [9.17, 15) is 0 Å². The lowest BCUT2D eigenvalue weighted by molar-refractivity contribution is 0.664. The fraction of sp³-hybridized carbons (Fsp3) is 0.0732. The lowest BCUT2D eigenvalue weighted by Crippen LogP contribution is -2.16. The second-order valence-corrected chi connectivity index (χ2v) is 12.3. The van der Waals surface area contributed by atoms with Gasteiger partial charge in [0.1, 0.15) is 0 Å². The molecule has 0 saturated carbocycles. The minimum Gasteiger partial charge on any atom is -0.309 e. The minimum atomic E-state index is -0.128. The van der Waals surface area contributed by atoms with Crippen LogP contribution < -0.4 is 0 Å². The first kappa shape index (κ1) is 25.7. The second-order valence-electron chi connectivity index (χ2n) is 12.3. The Bertz CT molecular complexity index is 2380. The van der Waals surface area contributed by atoms with Crippen molar-refractivity contribution in [3.63, 3.8) is 0 Å². The van der Waals surface area contributed by atoms with Gasteiger partial charge in [0.05, 0.1) is 11.0 Å². The number of rotatable bonds is 4. The van der Waals surface area contributed by atoms with Gasteiger partial charge in [-0.3, -0.25) is 4.57 Å². The van der Waals surface area contributed by atoms with Crippen molar-refractivity contribution in [2.45, 2.75) is 19.3 Å². The first-order valence-corrected chi connectivity index (χ1v) is 15.4. The van der Waals surface area contributed by atoms with Crippen LogP contribution in [0, 0.1) is 0 Å². The molecule has 0 radical (unpaired) electrons. The molecule has 0 unspecified atom stereocenters. The number of aromatic nitrogens is 4. The molecular formula is C41H30N4. The molecule has 4 heteroatoms. The lowest BCUT2D eigenvalue weighted by atomic mass is 9.81. The molecule has 9 rings (SSSR count). The Morgan fingerprint density at radius 2 is 1.07 bits per heavy atom. The van der Waals surface area contributed by atoms with Gasteiger partial charge in [0, 0.05) is 38.7 Å². The van der Waals surface area contributed by atoms with Crippen LogP contribution in [-0.4, -0.2) is 19.3 Å². The monoisotopic (exact) mass is 578 g/mol. The number of hydrogen-bond acceptors (Lipinski definition) is 2. The van der Waals surface area contributed by atoms with Gasteiger partial charge in [-0.15, -0.1) is 10.2 Å². The quantitative estimate of drug-likeness (QED) is 0.208. The van der Waals surface area contributed by atoms with Crippen LogP contribution in [0.5, 0.6) is 0 Å². The molecule has 1 aliphatic rings. The molecule has 0 bridgehead atoms. The average Bonchev–Trinajstić information content (AvgIpc) is 3.75. The number of nitrogens with zero attached hydrogens (tertiary/aromatic N) is 4. The lowest BCUT2D eigenvalue weighted by Gasteiger charge is -2.23. The summed E-state index contributed by atoms with van der Waals surface area (Å²) in [6, 6.07) is 51.7. The molecule has 1 aliphatic carbocycles. The molecule has 4 nitrogen and oxygen atoms in total. The predicted molar refractivity (Wildman–Crippen MR) is 184 cm³/mol. The number of para-hydroxylation sites is 2. The molecule has 2 heterocycles. The largest absolute Gasteiger partial charge is 0.309 e. The highest BCUT2D eigenvalue weighted by atomic mass is 15.3. The van der Waals surface area contributed by atoms with Gasteiger partial charge >= 0.3 is 0 Å². The molecule has 0 amide bonds. The average molecular weight is 579 g/mol. The van der Waals surface area contributed by atoms with Crippen molar-refractivity contribution in [3.05, 3.63) is 157 Å². The molecular weight excluding hydrogens is 548 g/mol. The van der Waals surface area contributed by atoms with Gasteiger partial charge in [-0.2, -0.15) is 0 Å². The summed E-state index contributed by atoms with van der Waals surface area (Å²) in [6.45, 7) is 4.73. The summed E-state index contributed by atoms with van der Waals surface area (Å²) < 4.78 is 4.61. The number of hydrogen-bond donors (Lipinski definition) is 0. The van der Waals surface area contributed by atoms with E-state index in [4.69, 9.17) is 5.10 Å². The molecule has 0 N–H and O–H groups in total. The maximum atomic E-state index is 4.73. The van der Waals surface area contributed by atoms with E-state index in [-0.39, 0.29) is 5.41 Å². The molecule has 214 valence electrons. The Kier molecular flexibility index (Phi) is 5.51. The van der Waals surface area contributed by atoms with Crippen molar-refractivity contribution in [1.29, 1.82) is 0 Å². The Labute approximate surface area is 261 Å². The van der Waals surface area contributed by atoms with Gasteiger partial charge in [-0.1, -0.05) is 117 Å². The number of fused-ring (bicyclic) bond motifs is 7. The first-order chi connectivity index (χ1) is 22.1. The number of benzene rings is 6. The third kappa shape index (κ3) is 3.72. The van der Waals surface area contributed by atoms with Crippen LogP contribution in [0.4, 0.5) is 0 Å². The molecule has 8 aromatic rings. The third-order valence-electron chi connectivity index (χ3n) is 9.45. The highest BCUT2D eigenvalue weighted by Crippen LogP contribution is 2.52. The van der Waals surface area contributed by atoms with Crippen molar-refractivity contribution in [2.75, 3.05) is 0 Å². The minimum absolute atomic E-state index is 0.128. The maximum absolute atomic E-state index is 4.73. The van der Waals surface area contributed by atoms with Crippen LogP contribution in [-0.2, 0) is 5.41 Å². The fourth-order valence-electron chi connectivity index (χ4n) is 7.41. The van der Waals surface area contributed by atoms with Crippen molar-refractivity contribution < 1.29 is 0 Å². The van der Waals surface area contributed by atoms with Gasteiger partial charge in [-0.05, 0) is 64.7 Å². The van der Waals surface area contributed by atoms with Crippen LogP contribution >= 0.6 is 0 Å². The molecule has 0 aliphatic heterocycles. The summed E-state index contributed by atoms with van der Waals surface area (Å²) in [5, 5.41) is 12.0. The second kappa shape index (κ2) is 9.63. The molecule has 0 atom stereocenters. The van der Waals surface area contributed by atoms with Gasteiger partial charge in [0.15, 0.2) is 11.6 Å². The molecule has 2 aromatic heterocycles. The van der Waals surface area contributed by atoms with Gasteiger partial charge in [0.25, 0.3) is 0 Å². The molecule has 6 aromatic carbocycles. The van der Waals surface area contributed by atoms with Crippen molar-refractivity contribution in [3.8, 4) is 45.3 Å². The molecule has 45 heavy (non-hydrogen) atoms. The Morgan fingerprint density at radius 3 is 1.82 bits per heavy atom. The van der Waals surface area contributed by atoms with Crippen LogP contribution in [0.25, 0.3) is 67.1 Å². The van der Waals surface area contributed by atoms with Crippen molar-refractivity contribution in [2.24, 2.45) is 0 Å². The topological polar surface area (TPSA) is 35.6 Å². The summed E-state index contributed by atoms with van der Waals surface area (Å²) in [7, 11) is 0. The summed E-state index contributed by atoms with van der Waals surface area (Å²) >= 11 is 0. The van der Waals surface area contributed by atoms with E-state index in [0.29, 0.717) is 0 Å². The summed E-state index contributed by atoms with van der Waals surface area (Å²) in [4.78, 5) is 0. The van der Waals surface area contributed by atoms with Gasteiger partial charge < -0.3 is 4.57 Å². The maximum Gasteiger partial charge on any atom is 0.168 e. The Morgan fingerprint density at radius 1 is 0.467 bits per heavy atom. The Balaban J connectivity index is 1.25. The van der Waals surface area contributed by atoms with Crippen LogP contribution in [0.2, 0.25) is 0 Å². The van der Waals surface area contributed by atoms with E-state index in [1.165, 1.54) is 44.1 Å². The standard InChI is InChI=1S/C41H30N4/c1-41(2)35-19-11-9-17-31(35)33-25-26-34-32-18-10-12-20-36(32)44(38(34)37(33)41)30-23-21-28(22-24-30)40-43-42-39(27-13-5-3-6-14-27)45(40)29-15-7-4-8-16-29/h3-26H,1-2H3. The summed E-state index contributed by atoms with van der Waals surface area (Å²) in [6.07, 6.45) is 0. The molecule has 0 fully saturated rings. The zero-order chi connectivity index (χ0) is 30.1. The highest BCUT2D eigenvalue weighted by Gasteiger charge is 2.38.